The van der Waals surface area contributed by atoms with Crippen LogP contribution in [0.5, 0.6) is 0 Å². The topological polar surface area (TPSA) is 75.3 Å². The Balaban J connectivity index is 1.77. The molecule has 21 heavy (non-hydrogen) atoms. The molecule has 1 heterocycles. The maximum absolute atomic E-state index is 13.5. The van der Waals surface area contributed by atoms with Crippen molar-refractivity contribution < 1.29 is 8.91 Å². The normalized spacial score (nSPS) is 11.5. The van der Waals surface area contributed by atoms with Crippen LogP contribution in [0.25, 0.3) is 0 Å². The number of hydrogen-bond acceptors (Lipinski definition) is 4. The first-order valence-electron chi connectivity index (χ1n) is 6.66. The number of hydrogen-bond donors (Lipinski definition) is 2. The Kier molecular flexibility index (Phi) is 5.25. The molecule has 1 aromatic carbocycles. The highest BCUT2D eigenvalue weighted by Gasteiger charge is 2.04. The zero-order valence-corrected chi connectivity index (χ0v) is 12.1. The van der Waals surface area contributed by atoms with Gasteiger partial charge in [-0.1, -0.05) is 23.4 Å². The van der Waals surface area contributed by atoms with Gasteiger partial charge in [0, 0.05) is 20.5 Å². The van der Waals surface area contributed by atoms with Crippen LogP contribution >= 0.6 is 0 Å². The molecule has 2 N–H and O–H groups in total. The monoisotopic (exact) mass is 291 g/mol. The quantitative estimate of drug-likeness (QED) is 0.644. The van der Waals surface area contributed by atoms with Gasteiger partial charge in [0.05, 0.1) is 6.54 Å². The van der Waals surface area contributed by atoms with Gasteiger partial charge in [0.2, 0.25) is 5.89 Å². The van der Waals surface area contributed by atoms with E-state index in [9.17, 15) is 4.39 Å². The number of aromatic nitrogens is 2. The molecule has 0 saturated heterocycles. The van der Waals surface area contributed by atoms with Crippen molar-refractivity contribution in [1.29, 1.82) is 0 Å². The van der Waals surface area contributed by atoms with Gasteiger partial charge in [-0.25, -0.2) is 4.39 Å². The molecule has 112 valence electrons. The van der Waals surface area contributed by atoms with Gasteiger partial charge >= 0.3 is 0 Å². The van der Waals surface area contributed by atoms with E-state index in [2.05, 4.69) is 25.8 Å². The van der Waals surface area contributed by atoms with Crippen LogP contribution in [0.1, 0.15) is 17.3 Å². The second-order valence-corrected chi connectivity index (χ2v) is 4.42. The van der Waals surface area contributed by atoms with E-state index in [1.54, 1.807) is 26.1 Å². The van der Waals surface area contributed by atoms with Crippen molar-refractivity contribution in [1.82, 2.24) is 20.8 Å². The Hall–Kier alpha value is -2.44. The number of nitrogens with zero attached hydrogens (tertiary/aromatic N) is 3. The van der Waals surface area contributed by atoms with Crippen LogP contribution in [0, 0.1) is 12.7 Å². The predicted molar refractivity (Wildman–Crippen MR) is 77.3 cm³/mol. The van der Waals surface area contributed by atoms with Crippen molar-refractivity contribution in [3.63, 3.8) is 0 Å². The lowest BCUT2D eigenvalue weighted by atomic mass is 10.1. The summed E-state index contributed by atoms with van der Waals surface area (Å²) in [7, 11) is 1.67. The molecule has 0 aliphatic rings. The van der Waals surface area contributed by atoms with Gasteiger partial charge in [0.25, 0.3) is 0 Å². The minimum absolute atomic E-state index is 0.190. The third kappa shape index (κ3) is 4.55. The summed E-state index contributed by atoms with van der Waals surface area (Å²) < 4.78 is 18.3. The third-order valence-corrected chi connectivity index (χ3v) is 2.85. The lowest BCUT2D eigenvalue weighted by Crippen LogP contribution is -2.38. The van der Waals surface area contributed by atoms with Gasteiger partial charge in [0.15, 0.2) is 11.8 Å². The fourth-order valence-corrected chi connectivity index (χ4v) is 1.81. The predicted octanol–water partition coefficient (Wildman–Crippen LogP) is 1.42. The third-order valence-electron chi connectivity index (χ3n) is 2.85. The van der Waals surface area contributed by atoms with Crippen LogP contribution in [0.15, 0.2) is 33.8 Å². The molecule has 0 atom stereocenters. The minimum atomic E-state index is -0.190. The molecule has 2 rings (SSSR count). The standard InChI is InChI=1S/C14H18FN5O/c1-10-19-13(20-21-10)9-18-14(16-2)17-8-7-11-5-3-4-6-12(11)15/h3-6H,7-9H2,1-2H3,(H2,16,17,18). The molecule has 1 aromatic heterocycles. The van der Waals surface area contributed by atoms with Crippen molar-refractivity contribution in [2.45, 2.75) is 19.9 Å². The largest absolute Gasteiger partial charge is 0.356 e. The summed E-state index contributed by atoms with van der Waals surface area (Å²) in [6.45, 7) is 2.72. The van der Waals surface area contributed by atoms with Crippen molar-refractivity contribution in [2.75, 3.05) is 13.6 Å². The summed E-state index contributed by atoms with van der Waals surface area (Å²) in [5, 5.41) is 9.95. The lowest BCUT2D eigenvalue weighted by molar-refractivity contribution is 0.387. The van der Waals surface area contributed by atoms with E-state index < -0.39 is 0 Å². The highest BCUT2D eigenvalue weighted by atomic mass is 19.1. The fraction of sp³-hybridized carbons (Fsp3) is 0.357. The summed E-state index contributed by atoms with van der Waals surface area (Å²) >= 11 is 0. The Morgan fingerprint density at radius 3 is 2.81 bits per heavy atom. The molecule has 0 saturated carbocycles. The average molecular weight is 291 g/mol. The van der Waals surface area contributed by atoms with E-state index in [0.29, 0.717) is 42.7 Å². The Bertz CT molecular complexity index is 611. The Morgan fingerprint density at radius 2 is 2.14 bits per heavy atom. The van der Waals surface area contributed by atoms with Crippen molar-refractivity contribution >= 4 is 5.96 Å². The molecule has 0 aliphatic heterocycles. The number of rotatable bonds is 5. The highest BCUT2D eigenvalue weighted by Crippen LogP contribution is 2.06. The number of aliphatic imine (C=N–C) groups is 1. The summed E-state index contributed by atoms with van der Waals surface area (Å²) in [6.07, 6.45) is 0.578. The zero-order valence-electron chi connectivity index (χ0n) is 12.1. The first kappa shape index (κ1) is 15.0. The molecular weight excluding hydrogens is 273 g/mol. The van der Waals surface area contributed by atoms with Gasteiger partial charge in [-0.15, -0.1) is 0 Å². The summed E-state index contributed by atoms with van der Waals surface area (Å²) in [4.78, 5) is 8.16. The zero-order chi connectivity index (χ0) is 15.1. The number of halogens is 1. The second kappa shape index (κ2) is 7.37. The van der Waals surface area contributed by atoms with E-state index in [4.69, 9.17) is 4.52 Å². The molecule has 0 radical (unpaired) electrons. The summed E-state index contributed by atoms with van der Waals surface area (Å²) in [6, 6.07) is 6.74. The van der Waals surface area contributed by atoms with Gasteiger partial charge in [-0.05, 0) is 18.1 Å². The van der Waals surface area contributed by atoms with Crippen LogP contribution < -0.4 is 10.6 Å². The van der Waals surface area contributed by atoms with Crippen LogP contribution in [0.4, 0.5) is 4.39 Å². The first-order valence-corrected chi connectivity index (χ1v) is 6.66. The average Bonchev–Trinajstić information content (AvgIpc) is 2.90. The maximum Gasteiger partial charge on any atom is 0.223 e. The van der Waals surface area contributed by atoms with Gasteiger partial charge in [-0.2, -0.15) is 4.98 Å². The van der Waals surface area contributed by atoms with E-state index in [1.165, 1.54) is 6.07 Å². The molecular formula is C14H18FN5O. The molecule has 0 spiro atoms. The highest BCUT2D eigenvalue weighted by molar-refractivity contribution is 5.79. The molecule has 7 heteroatoms. The molecule has 0 aliphatic carbocycles. The first-order chi connectivity index (χ1) is 10.2. The lowest BCUT2D eigenvalue weighted by Gasteiger charge is -2.10. The fourth-order valence-electron chi connectivity index (χ4n) is 1.81. The number of guanidine groups is 1. The van der Waals surface area contributed by atoms with E-state index >= 15 is 0 Å². The number of benzene rings is 1. The molecule has 0 fully saturated rings. The molecule has 2 aromatic rings. The smallest absolute Gasteiger partial charge is 0.223 e. The van der Waals surface area contributed by atoms with Crippen LogP contribution in [-0.2, 0) is 13.0 Å². The molecule has 0 bridgehead atoms. The van der Waals surface area contributed by atoms with E-state index in [0.717, 1.165) is 0 Å². The minimum Gasteiger partial charge on any atom is -0.356 e. The Morgan fingerprint density at radius 1 is 1.33 bits per heavy atom. The maximum atomic E-state index is 13.5. The van der Waals surface area contributed by atoms with E-state index in [-0.39, 0.29) is 5.82 Å². The summed E-state index contributed by atoms with van der Waals surface area (Å²) in [5.74, 6) is 1.50. The van der Waals surface area contributed by atoms with Crippen LogP contribution in [-0.4, -0.2) is 29.7 Å². The van der Waals surface area contributed by atoms with Crippen molar-refractivity contribution in [3.05, 3.63) is 47.4 Å². The number of nitrogens with one attached hydrogen (secondary N) is 2. The molecule has 0 unspecified atom stereocenters. The van der Waals surface area contributed by atoms with Crippen molar-refractivity contribution in [2.24, 2.45) is 4.99 Å². The molecule has 6 nitrogen and oxygen atoms in total. The SMILES string of the molecule is CN=C(NCCc1ccccc1F)NCc1noc(C)n1. The second-order valence-electron chi connectivity index (χ2n) is 4.42. The van der Waals surface area contributed by atoms with Crippen molar-refractivity contribution in [3.8, 4) is 0 Å². The molecule has 0 amide bonds. The van der Waals surface area contributed by atoms with Crippen LogP contribution in [0.2, 0.25) is 0 Å². The Labute approximate surface area is 122 Å². The number of aryl methyl sites for hydroxylation is 1. The van der Waals surface area contributed by atoms with Gasteiger partial charge in [0.1, 0.15) is 5.82 Å². The summed E-state index contributed by atoms with van der Waals surface area (Å²) in [5.41, 5.74) is 0.675. The van der Waals surface area contributed by atoms with Gasteiger partial charge < -0.3 is 15.2 Å². The van der Waals surface area contributed by atoms with Gasteiger partial charge in [-0.3, -0.25) is 4.99 Å². The van der Waals surface area contributed by atoms with Crippen LogP contribution in [0.3, 0.4) is 0 Å². The van der Waals surface area contributed by atoms with E-state index in [1.807, 2.05) is 6.07 Å².